The monoisotopic (exact) mass is 176 g/mol. The molecule has 6 nitrogen and oxygen atoms in total. The van der Waals surface area contributed by atoms with Crippen LogP contribution in [0.1, 0.15) is 0 Å². The summed E-state index contributed by atoms with van der Waals surface area (Å²) in [6.07, 6.45) is 5.48. The van der Waals surface area contributed by atoms with Gasteiger partial charge in [0.2, 0.25) is 0 Å². The largest absolute Gasteiger partial charge is 0.315 e. The van der Waals surface area contributed by atoms with Gasteiger partial charge in [-0.15, -0.1) is 0 Å². The highest BCUT2D eigenvalue weighted by Gasteiger charge is 2.12. The van der Waals surface area contributed by atoms with Crippen molar-refractivity contribution in [3.8, 4) is 0 Å². The fourth-order valence-electron chi connectivity index (χ4n) is 1.01. The zero-order chi connectivity index (χ0) is 9.26. The summed E-state index contributed by atoms with van der Waals surface area (Å²) in [5.74, 6) is 0. The normalized spacial score (nSPS) is 10.2. The Morgan fingerprint density at radius 1 is 1.23 bits per heavy atom. The van der Waals surface area contributed by atoms with Crippen LogP contribution in [0.15, 0.2) is 24.8 Å². The number of hydrogen-bond acceptors (Lipinski definition) is 5. The van der Waals surface area contributed by atoms with Gasteiger partial charge in [-0.05, 0) is 0 Å². The molecule has 0 unspecified atom stereocenters. The highest BCUT2D eigenvalue weighted by atomic mass is 16.6. The van der Waals surface area contributed by atoms with Gasteiger partial charge in [0, 0.05) is 12.4 Å². The van der Waals surface area contributed by atoms with E-state index in [0.29, 0.717) is 5.52 Å². The summed E-state index contributed by atoms with van der Waals surface area (Å²) in [5, 5.41) is 10.5. The van der Waals surface area contributed by atoms with Crippen molar-refractivity contribution >= 4 is 16.7 Å². The maximum absolute atomic E-state index is 10.5. The first-order chi connectivity index (χ1) is 6.29. The Morgan fingerprint density at radius 2 is 2.00 bits per heavy atom. The molecule has 0 saturated carbocycles. The van der Waals surface area contributed by atoms with Gasteiger partial charge in [-0.3, -0.25) is 20.1 Å². The molecule has 2 aromatic heterocycles. The molecule has 0 radical (unpaired) electrons. The Bertz CT molecular complexity index is 466. The van der Waals surface area contributed by atoms with Gasteiger partial charge in [0.1, 0.15) is 11.7 Å². The van der Waals surface area contributed by atoms with Crippen molar-refractivity contribution in [1.29, 1.82) is 0 Å². The minimum atomic E-state index is -0.524. The van der Waals surface area contributed by atoms with E-state index in [9.17, 15) is 10.1 Å². The third-order valence-electron chi connectivity index (χ3n) is 1.56. The first kappa shape index (κ1) is 7.53. The molecule has 2 rings (SSSR count). The van der Waals surface area contributed by atoms with Crippen LogP contribution in [-0.4, -0.2) is 19.9 Å². The van der Waals surface area contributed by atoms with Gasteiger partial charge < -0.3 is 0 Å². The molecule has 0 spiro atoms. The van der Waals surface area contributed by atoms with E-state index in [2.05, 4.69) is 15.0 Å². The van der Waals surface area contributed by atoms with E-state index in [0.717, 1.165) is 6.20 Å². The van der Waals surface area contributed by atoms with Crippen LogP contribution >= 0.6 is 0 Å². The lowest BCUT2D eigenvalue weighted by Gasteiger charge is -1.94. The zero-order valence-electron chi connectivity index (χ0n) is 6.41. The molecule has 0 bridgehead atoms. The molecule has 2 aromatic rings. The van der Waals surface area contributed by atoms with Crippen LogP contribution in [0.25, 0.3) is 11.0 Å². The highest BCUT2D eigenvalue weighted by molar-refractivity contribution is 5.81. The van der Waals surface area contributed by atoms with E-state index >= 15 is 0 Å². The lowest BCUT2D eigenvalue weighted by atomic mass is 10.3. The minimum Gasteiger partial charge on any atom is -0.258 e. The Labute approximate surface area is 72.4 Å². The molecule has 0 saturated heterocycles. The van der Waals surface area contributed by atoms with E-state index in [1.807, 2.05) is 0 Å². The molecule has 0 fully saturated rings. The molecule has 2 heterocycles. The predicted octanol–water partition coefficient (Wildman–Crippen LogP) is 0.933. The second kappa shape index (κ2) is 2.74. The maximum atomic E-state index is 10.5. The third kappa shape index (κ3) is 1.18. The first-order valence-electron chi connectivity index (χ1n) is 3.48. The Balaban J connectivity index is 2.83. The molecule has 0 aromatic carbocycles. The molecule has 6 heteroatoms. The molecular formula is C7H4N4O2. The molecular weight excluding hydrogens is 172 g/mol. The zero-order valence-corrected chi connectivity index (χ0v) is 6.41. The van der Waals surface area contributed by atoms with Crippen molar-refractivity contribution in [3.05, 3.63) is 34.9 Å². The lowest BCUT2D eigenvalue weighted by molar-refractivity contribution is -0.383. The fourth-order valence-corrected chi connectivity index (χ4v) is 1.01. The Morgan fingerprint density at radius 3 is 2.77 bits per heavy atom. The summed E-state index contributed by atoms with van der Waals surface area (Å²) >= 11 is 0. The van der Waals surface area contributed by atoms with Gasteiger partial charge in [0.05, 0.1) is 11.1 Å². The van der Waals surface area contributed by atoms with E-state index in [-0.39, 0.29) is 11.2 Å². The fraction of sp³-hybridized carbons (Fsp3) is 0. The van der Waals surface area contributed by atoms with Gasteiger partial charge in [0.25, 0.3) is 0 Å². The maximum Gasteiger partial charge on any atom is 0.315 e. The van der Waals surface area contributed by atoms with E-state index < -0.39 is 4.92 Å². The molecule has 0 aliphatic rings. The summed E-state index contributed by atoms with van der Waals surface area (Å²) in [4.78, 5) is 21.4. The second-order valence-corrected chi connectivity index (χ2v) is 2.34. The number of aromatic nitrogens is 3. The molecule has 13 heavy (non-hydrogen) atoms. The van der Waals surface area contributed by atoms with Crippen molar-refractivity contribution in [1.82, 2.24) is 15.0 Å². The summed E-state index contributed by atoms with van der Waals surface area (Å²) < 4.78 is 0. The lowest BCUT2D eigenvalue weighted by Crippen LogP contribution is -1.93. The predicted molar refractivity (Wildman–Crippen MR) is 44.0 cm³/mol. The van der Waals surface area contributed by atoms with Crippen LogP contribution < -0.4 is 0 Å². The van der Waals surface area contributed by atoms with Gasteiger partial charge in [-0.2, -0.15) is 0 Å². The van der Waals surface area contributed by atoms with E-state index in [4.69, 9.17) is 0 Å². The number of nitro groups is 1. The topological polar surface area (TPSA) is 81.8 Å². The van der Waals surface area contributed by atoms with Gasteiger partial charge in [-0.25, -0.2) is 4.98 Å². The minimum absolute atomic E-state index is 0.120. The summed E-state index contributed by atoms with van der Waals surface area (Å²) in [7, 11) is 0. The number of fused-ring (bicyclic) bond motifs is 1. The van der Waals surface area contributed by atoms with Crippen molar-refractivity contribution in [2.45, 2.75) is 0 Å². The van der Waals surface area contributed by atoms with E-state index in [1.54, 1.807) is 0 Å². The van der Waals surface area contributed by atoms with Crippen molar-refractivity contribution in [2.75, 3.05) is 0 Å². The van der Waals surface area contributed by atoms with Crippen LogP contribution in [0.3, 0.4) is 0 Å². The summed E-state index contributed by atoms with van der Waals surface area (Å²) in [6, 6.07) is 0. The number of nitrogens with zero attached hydrogens (tertiary/aromatic N) is 4. The van der Waals surface area contributed by atoms with Crippen LogP contribution in [0, 0.1) is 10.1 Å². The molecule has 0 aliphatic heterocycles. The second-order valence-electron chi connectivity index (χ2n) is 2.34. The van der Waals surface area contributed by atoms with Crippen LogP contribution in [0.5, 0.6) is 0 Å². The Hall–Kier alpha value is -2.11. The van der Waals surface area contributed by atoms with Crippen LogP contribution in [0.4, 0.5) is 5.69 Å². The smallest absolute Gasteiger partial charge is 0.258 e. The highest BCUT2D eigenvalue weighted by Crippen LogP contribution is 2.18. The van der Waals surface area contributed by atoms with E-state index in [1.165, 1.54) is 18.6 Å². The first-order valence-corrected chi connectivity index (χ1v) is 3.48. The number of pyridine rings is 1. The molecule has 0 N–H and O–H groups in total. The van der Waals surface area contributed by atoms with Crippen molar-refractivity contribution in [3.63, 3.8) is 0 Å². The number of rotatable bonds is 1. The SMILES string of the molecule is O=[N+]([O-])c1cncc2nccnc12. The summed E-state index contributed by atoms with van der Waals surface area (Å²) in [6.45, 7) is 0. The quantitative estimate of drug-likeness (QED) is 0.476. The van der Waals surface area contributed by atoms with Crippen molar-refractivity contribution in [2.24, 2.45) is 0 Å². The van der Waals surface area contributed by atoms with Gasteiger partial charge >= 0.3 is 5.69 Å². The number of hydrogen-bond donors (Lipinski definition) is 0. The standard InChI is InChI=1S/C7H4N4O2/c12-11(13)6-4-8-3-5-7(6)10-2-1-9-5/h1-4H. The average Bonchev–Trinajstić information content (AvgIpc) is 2.17. The van der Waals surface area contributed by atoms with Crippen molar-refractivity contribution < 1.29 is 4.92 Å². The van der Waals surface area contributed by atoms with Crippen LogP contribution in [-0.2, 0) is 0 Å². The third-order valence-corrected chi connectivity index (χ3v) is 1.56. The molecule has 0 amide bonds. The molecule has 0 aliphatic carbocycles. The van der Waals surface area contributed by atoms with Gasteiger partial charge in [-0.1, -0.05) is 0 Å². The summed E-state index contributed by atoms with van der Waals surface area (Å²) in [5.41, 5.74) is 0.574. The average molecular weight is 176 g/mol. The Kier molecular flexibility index (Phi) is 1.59. The van der Waals surface area contributed by atoms with Crippen LogP contribution in [0.2, 0.25) is 0 Å². The van der Waals surface area contributed by atoms with Gasteiger partial charge in [0.15, 0.2) is 5.52 Å². The molecule has 0 atom stereocenters. The molecule has 64 valence electrons.